The Morgan fingerprint density at radius 2 is 1.67 bits per heavy atom. The molecule has 0 aliphatic carbocycles. The maximum Gasteiger partial charge on any atom is 0.338 e. The zero-order valence-corrected chi connectivity index (χ0v) is 17.6. The molecular weight excluding hydrogens is 380 g/mol. The van der Waals surface area contributed by atoms with Crippen LogP contribution in [0.1, 0.15) is 38.1 Å². The molecule has 0 radical (unpaired) electrons. The third-order valence-corrected chi connectivity index (χ3v) is 4.31. The lowest BCUT2D eigenvalue weighted by Crippen LogP contribution is -2.28. The number of anilines is 2. The number of hydrogen-bond donors (Lipinski definition) is 2. The summed E-state index contributed by atoms with van der Waals surface area (Å²) >= 11 is 0. The van der Waals surface area contributed by atoms with Gasteiger partial charge in [-0.15, -0.1) is 0 Å². The van der Waals surface area contributed by atoms with Crippen molar-refractivity contribution in [2.24, 2.45) is 0 Å². The van der Waals surface area contributed by atoms with Gasteiger partial charge in [0.05, 0.1) is 23.4 Å². The zero-order chi connectivity index (χ0) is 21.7. The third kappa shape index (κ3) is 5.05. The highest BCUT2D eigenvalue weighted by molar-refractivity contribution is 6.00. The van der Waals surface area contributed by atoms with Gasteiger partial charge in [0.2, 0.25) is 0 Å². The molecule has 0 saturated carbocycles. The van der Waals surface area contributed by atoms with E-state index in [-0.39, 0.29) is 5.54 Å². The summed E-state index contributed by atoms with van der Waals surface area (Å²) in [6.07, 6.45) is 0. The average molecular weight is 406 g/mol. The summed E-state index contributed by atoms with van der Waals surface area (Å²) in [5.41, 5.74) is 2.42. The first-order valence-corrected chi connectivity index (χ1v) is 9.79. The quantitative estimate of drug-likeness (QED) is 0.576. The van der Waals surface area contributed by atoms with E-state index in [9.17, 15) is 9.59 Å². The second-order valence-electron chi connectivity index (χ2n) is 7.74. The predicted molar refractivity (Wildman–Crippen MR) is 118 cm³/mol. The van der Waals surface area contributed by atoms with Crippen molar-refractivity contribution in [2.75, 3.05) is 17.2 Å². The van der Waals surface area contributed by atoms with Crippen LogP contribution >= 0.6 is 0 Å². The molecule has 1 aromatic heterocycles. The largest absolute Gasteiger partial charge is 0.462 e. The van der Waals surface area contributed by atoms with Gasteiger partial charge in [-0.1, -0.05) is 30.3 Å². The van der Waals surface area contributed by atoms with Crippen LogP contribution in [0.2, 0.25) is 0 Å². The molecule has 3 aromatic rings. The van der Waals surface area contributed by atoms with Crippen LogP contribution in [0.3, 0.4) is 0 Å². The molecule has 2 amide bonds. The van der Waals surface area contributed by atoms with Gasteiger partial charge in [0.25, 0.3) is 0 Å². The second-order valence-corrected chi connectivity index (χ2v) is 7.74. The summed E-state index contributed by atoms with van der Waals surface area (Å²) in [6, 6.07) is 17.8. The van der Waals surface area contributed by atoms with Crippen LogP contribution in [0.4, 0.5) is 16.3 Å². The molecule has 156 valence electrons. The highest BCUT2D eigenvalue weighted by Crippen LogP contribution is 2.27. The standard InChI is InChI=1S/C23H26N4O3/c1-5-30-21(28)17-11-13-18(14-12-17)24-22(29)25-20-15-19(16-9-7-6-8-10-16)26-27(20)23(2,3)4/h6-15H,5H2,1-4H3,(H2,24,25,29). The molecule has 0 spiro atoms. The highest BCUT2D eigenvalue weighted by atomic mass is 16.5. The van der Waals surface area contributed by atoms with E-state index < -0.39 is 12.0 Å². The fraction of sp³-hybridized carbons (Fsp3) is 0.261. The Bertz CT molecular complexity index is 1020. The highest BCUT2D eigenvalue weighted by Gasteiger charge is 2.21. The number of benzene rings is 2. The summed E-state index contributed by atoms with van der Waals surface area (Å²) in [5, 5.41) is 10.3. The molecule has 30 heavy (non-hydrogen) atoms. The number of ether oxygens (including phenoxy) is 1. The molecule has 0 fully saturated rings. The van der Waals surface area contributed by atoms with E-state index in [0.29, 0.717) is 23.7 Å². The fourth-order valence-corrected chi connectivity index (χ4v) is 2.91. The molecule has 3 rings (SSSR count). The van der Waals surface area contributed by atoms with Gasteiger partial charge in [-0.2, -0.15) is 5.10 Å². The van der Waals surface area contributed by atoms with Crippen molar-refractivity contribution in [3.8, 4) is 11.3 Å². The Hall–Kier alpha value is -3.61. The van der Waals surface area contributed by atoms with Crippen molar-refractivity contribution < 1.29 is 14.3 Å². The minimum Gasteiger partial charge on any atom is -0.462 e. The number of rotatable bonds is 5. The lowest BCUT2D eigenvalue weighted by atomic mass is 10.1. The Labute approximate surface area is 176 Å². The molecule has 7 nitrogen and oxygen atoms in total. The number of urea groups is 1. The molecule has 0 saturated heterocycles. The van der Waals surface area contributed by atoms with Crippen LogP contribution in [-0.4, -0.2) is 28.4 Å². The Kier molecular flexibility index (Phi) is 6.20. The predicted octanol–water partition coefficient (Wildman–Crippen LogP) is 5.13. The molecule has 7 heteroatoms. The molecule has 2 aromatic carbocycles. The Morgan fingerprint density at radius 1 is 1.00 bits per heavy atom. The summed E-state index contributed by atoms with van der Waals surface area (Å²) in [6.45, 7) is 8.13. The summed E-state index contributed by atoms with van der Waals surface area (Å²) in [5.74, 6) is 0.193. The zero-order valence-electron chi connectivity index (χ0n) is 17.6. The van der Waals surface area contributed by atoms with Gasteiger partial charge in [0.1, 0.15) is 5.82 Å². The van der Waals surface area contributed by atoms with Crippen molar-refractivity contribution >= 4 is 23.5 Å². The minimum atomic E-state index is -0.399. The van der Waals surface area contributed by atoms with Crippen LogP contribution in [0, 0.1) is 0 Å². The molecule has 0 atom stereocenters. The van der Waals surface area contributed by atoms with Crippen molar-refractivity contribution in [1.82, 2.24) is 9.78 Å². The van der Waals surface area contributed by atoms with E-state index in [1.807, 2.05) is 57.2 Å². The van der Waals surface area contributed by atoms with Gasteiger partial charge in [0, 0.05) is 17.3 Å². The normalized spacial score (nSPS) is 11.1. The summed E-state index contributed by atoms with van der Waals surface area (Å²) in [4.78, 5) is 24.3. The van der Waals surface area contributed by atoms with Crippen LogP contribution < -0.4 is 10.6 Å². The topological polar surface area (TPSA) is 85.2 Å². The first-order chi connectivity index (χ1) is 14.3. The van der Waals surface area contributed by atoms with Crippen LogP contribution in [0.15, 0.2) is 60.7 Å². The molecular formula is C23H26N4O3. The smallest absolute Gasteiger partial charge is 0.338 e. The monoisotopic (exact) mass is 406 g/mol. The first-order valence-electron chi connectivity index (χ1n) is 9.79. The molecule has 0 aliphatic heterocycles. The van der Waals surface area contributed by atoms with Crippen molar-refractivity contribution in [3.05, 3.63) is 66.2 Å². The van der Waals surface area contributed by atoms with E-state index in [1.165, 1.54) is 0 Å². The number of nitrogens with zero attached hydrogens (tertiary/aromatic N) is 2. The van der Waals surface area contributed by atoms with Gasteiger partial charge in [-0.05, 0) is 52.0 Å². The van der Waals surface area contributed by atoms with E-state index in [4.69, 9.17) is 4.74 Å². The first kappa shape index (κ1) is 21.1. The molecule has 0 aliphatic rings. The van der Waals surface area contributed by atoms with Crippen molar-refractivity contribution in [2.45, 2.75) is 33.2 Å². The average Bonchev–Trinajstić information content (AvgIpc) is 3.13. The number of hydrogen-bond acceptors (Lipinski definition) is 4. The number of carbonyl (C=O) groups is 2. The number of carbonyl (C=O) groups excluding carboxylic acids is 2. The molecule has 0 bridgehead atoms. The van der Waals surface area contributed by atoms with Gasteiger partial charge in [0.15, 0.2) is 0 Å². The van der Waals surface area contributed by atoms with Crippen molar-refractivity contribution in [3.63, 3.8) is 0 Å². The van der Waals surface area contributed by atoms with Gasteiger partial charge in [-0.3, -0.25) is 5.32 Å². The third-order valence-electron chi connectivity index (χ3n) is 4.31. The number of aromatic nitrogens is 2. The lowest BCUT2D eigenvalue weighted by molar-refractivity contribution is 0.0526. The van der Waals surface area contributed by atoms with Crippen LogP contribution in [0.25, 0.3) is 11.3 Å². The molecule has 2 N–H and O–H groups in total. The van der Waals surface area contributed by atoms with Crippen molar-refractivity contribution in [1.29, 1.82) is 0 Å². The second kappa shape index (κ2) is 8.82. The minimum absolute atomic E-state index is 0.313. The lowest BCUT2D eigenvalue weighted by Gasteiger charge is -2.22. The number of esters is 1. The van der Waals surface area contributed by atoms with Crippen LogP contribution in [0.5, 0.6) is 0 Å². The Balaban J connectivity index is 1.76. The molecule has 0 unspecified atom stereocenters. The number of amides is 2. The fourth-order valence-electron chi connectivity index (χ4n) is 2.91. The summed E-state index contributed by atoms with van der Waals surface area (Å²) in [7, 11) is 0. The maximum absolute atomic E-state index is 12.6. The van der Waals surface area contributed by atoms with Gasteiger partial charge in [-0.25, -0.2) is 14.3 Å². The van der Waals surface area contributed by atoms with E-state index in [2.05, 4.69) is 15.7 Å². The Morgan fingerprint density at radius 3 is 2.27 bits per heavy atom. The van der Waals surface area contributed by atoms with E-state index in [0.717, 1.165) is 11.3 Å². The van der Waals surface area contributed by atoms with Gasteiger partial charge >= 0.3 is 12.0 Å². The maximum atomic E-state index is 12.6. The SMILES string of the molecule is CCOC(=O)c1ccc(NC(=O)Nc2cc(-c3ccccc3)nn2C(C)(C)C)cc1. The molecule has 1 heterocycles. The summed E-state index contributed by atoms with van der Waals surface area (Å²) < 4.78 is 6.75. The van der Waals surface area contributed by atoms with Crippen LogP contribution in [-0.2, 0) is 10.3 Å². The van der Waals surface area contributed by atoms with E-state index in [1.54, 1.807) is 35.9 Å². The van der Waals surface area contributed by atoms with E-state index >= 15 is 0 Å². The van der Waals surface area contributed by atoms with Gasteiger partial charge < -0.3 is 10.1 Å². The number of nitrogens with one attached hydrogen (secondary N) is 2.